The summed E-state index contributed by atoms with van der Waals surface area (Å²) in [5, 5.41) is 0. The van der Waals surface area contributed by atoms with Gasteiger partial charge in [-0.05, 0) is 86.3 Å². The number of benzene rings is 2. The molecule has 2 aromatic carbocycles. The molecule has 2 aliphatic carbocycles. The number of hydrogen-bond donors (Lipinski definition) is 0. The van der Waals surface area contributed by atoms with Crippen LogP contribution in [0.5, 0.6) is 5.75 Å². The lowest BCUT2D eigenvalue weighted by molar-refractivity contribution is -0.00620. The van der Waals surface area contributed by atoms with Crippen molar-refractivity contribution < 1.29 is 27.8 Å². The summed E-state index contributed by atoms with van der Waals surface area (Å²) in [6.45, 7) is 2.25. The largest absolute Gasteiger partial charge is 0.459 e. The predicted molar refractivity (Wildman–Crippen MR) is 120 cm³/mol. The fourth-order valence-electron chi connectivity index (χ4n) is 5.42. The van der Waals surface area contributed by atoms with Crippen molar-refractivity contribution in [1.82, 2.24) is 0 Å². The highest BCUT2D eigenvalue weighted by molar-refractivity contribution is 5.92. The first kappa shape index (κ1) is 23.4. The lowest BCUT2D eigenvalue weighted by Gasteiger charge is -2.41. The van der Waals surface area contributed by atoms with Crippen LogP contribution in [0.3, 0.4) is 0 Å². The van der Waals surface area contributed by atoms with E-state index >= 15 is 0 Å². The van der Waals surface area contributed by atoms with Crippen molar-refractivity contribution in [3.63, 3.8) is 0 Å². The Kier molecular flexibility index (Phi) is 7.41. The first-order valence-electron chi connectivity index (χ1n) is 11.9. The molecule has 0 saturated heterocycles. The number of fused-ring (bicyclic) bond motifs is 1. The van der Waals surface area contributed by atoms with Crippen LogP contribution in [0, 0.1) is 29.4 Å². The predicted octanol–water partition coefficient (Wildman–Crippen LogP) is 6.73. The van der Waals surface area contributed by atoms with Gasteiger partial charge in [-0.15, -0.1) is 0 Å². The molecule has 33 heavy (non-hydrogen) atoms. The zero-order valence-electron chi connectivity index (χ0n) is 18.9. The molecule has 6 heteroatoms. The van der Waals surface area contributed by atoms with Crippen LogP contribution in [0.25, 0.3) is 0 Å². The van der Waals surface area contributed by atoms with Gasteiger partial charge in [0, 0.05) is 6.07 Å². The summed E-state index contributed by atoms with van der Waals surface area (Å²) in [5.41, 5.74) is 0.00996. The standard InChI is InChI=1S/C27H30F2O4/c1-2-3-17-4-5-20-15-23(12-8-19(20)14-17)33-26(30)18-6-10-22(11-7-18)32-27(31)24-13-9-21(28)16-25(24)29/h6-7,9-11,13,16-17,19-20,23H,2-5,8,12,14-15H2,1H3. The molecule has 0 aromatic heterocycles. The highest BCUT2D eigenvalue weighted by atomic mass is 19.1. The molecule has 2 aromatic rings. The Bertz CT molecular complexity index is 988. The van der Waals surface area contributed by atoms with E-state index in [1.54, 1.807) is 0 Å². The summed E-state index contributed by atoms with van der Waals surface area (Å²) in [6, 6.07) is 8.61. The molecule has 0 heterocycles. The van der Waals surface area contributed by atoms with Gasteiger partial charge in [0.2, 0.25) is 0 Å². The SMILES string of the molecule is CCCC1CCC2CC(OC(=O)c3ccc(OC(=O)c4ccc(F)cc4F)cc3)CCC2C1. The van der Waals surface area contributed by atoms with Crippen LogP contribution in [0.2, 0.25) is 0 Å². The lowest BCUT2D eigenvalue weighted by atomic mass is 9.66. The summed E-state index contributed by atoms with van der Waals surface area (Å²) < 4.78 is 37.7. The van der Waals surface area contributed by atoms with E-state index in [4.69, 9.17) is 9.47 Å². The third kappa shape index (κ3) is 5.79. The number of ether oxygens (including phenoxy) is 2. The van der Waals surface area contributed by atoms with Gasteiger partial charge in [-0.1, -0.05) is 26.2 Å². The highest BCUT2D eigenvalue weighted by Crippen LogP contribution is 2.44. The summed E-state index contributed by atoms with van der Waals surface area (Å²) >= 11 is 0. The van der Waals surface area contributed by atoms with E-state index < -0.39 is 17.6 Å². The Labute approximate surface area is 193 Å². The molecule has 176 valence electrons. The maximum atomic E-state index is 13.8. The van der Waals surface area contributed by atoms with Crippen molar-refractivity contribution in [2.75, 3.05) is 0 Å². The third-order valence-electron chi connectivity index (χ3n) is 7.10. The number of hydrogen-bond acceptors (Lipinski definition) is 4. The summed E-state index contributed by atoms with van der Waals surface area (Å²) in [6.07, 6.45) is 9.34. The highest BCUT2D eigenvalue weighted by Gasteiger charge is 2.36. The van der Waals surface area contributed by atoms with Gasteiger partial charge in [0.1, 0.15) is 23.5 Å². The van der Waals surface area contributed by atoms with Crippen molar-refractivity contribution in [2.45, 2.75) is 64.4 Å². The summed E-state index contributed by atoms with van der Waals surface area (Å²) in [5.74, 6) is -0.650. The first-order valence-corrected chi connectivity index (χ1v) is 11.9. The molecule has 2 fully saturated rings. The minimum atomic E-state index is -0.992. The molecule has 4 unspecified atom stereocenters. The van der Waals surface area contributed by atoms with Gasteiger partial charge in [0.15, 0.2) is 0 Å². The van der Waals surface area contributed by atoms with E-state index in [-0.39, 0.29) is 23.4 Å². The minimum Gasteiger partial charge on any atom is -0.459 e. The van der Waals surface area contributed by atoms with Crippen molar-refractivity contribution in [2.24, 2.45) is 17.8 Å². The Morgan fingerprint density at radius 1 is 0.909 bits per heavy atom. The van der Waals surface area contributed by atoms with Gasteiger partial charge >= 0.3 is 11.9 Å². The topological polar surface area (TPSA) is 52.6 Å². The van der Waals surface area contributed by atoms with E-state index in [9.17, 15) is 18.4 Å². The number of halogens is 2. The Morgan fingerprint density at radius 2 is 1.64 bits per heavy atom. The molecular weight excluding hydrogens is 426 g/mol. The van der Waals surface area contributed by atoms with E-state index in [2.05, 4.69) is 6.92 Å². The maximum Gasteiger partial charge on any atom is 0.346 e. The van der Waals surface area contributed by atoms with Crippen LogP contribution >= 0.6 is 0 Å². The normalized spacial score (nSPS) is 24.6. The number of rotatable bonds is 6. The van der Waals surface area contributed by atoms with Gasteiger partial charge in [-0.25, -0.2) is 18.4 Å². The van der Waals surface area contributed by atoms with Crippen LogP contribution in [-0.4, -0.2) is 18.0 Å². The van der Waals surface area contributed by atoms with Crippen molar-refractivity contribution in [1.29, 1.82) is 0 Å². The van der Waals surface area contributed by atoms with Gasteiger partial charge in [0.25, 0.3) is 0 Å². The zero-order chi connectivity index (χ0) is 23.4. The quantitative estimate of drug-likeness (QED) is 0.357. The number of carbonyl (C=O) groups is 2. The van der Waals surface area contributed by atoms with Crippen molar-refractivity contribution in [3.05, 3.63) is 65.2 Å². The second kappa shape index (κ2) is 10.4. The molecule has 0 bridgehead atoms. The van der Waals surface area contributed by atoms with Crippen LogP contribution in [0.15, 0.2) is 42.5 Å². The summed E-state index contributed by atoms with van der Waals surface area (Å²) in [7, 11) is 0. The Hall–Kier alpha value is -2.76. The molecule has 0 aliphatic heterocycles. The molecule has 0 spiro atoms. The molecule has 4 rings (SSSR count). The third-order valence-corrected chi connectivity index (χ3v) is 7.10. The monoisotopic (exact) mass is 456 g/mol. The van der Waals surface area contributed by atoms with Crippen LogP contribution in [0.4, 0.5) is 8.78 Å². The van der Waals surface area contributed by atoms with E-state index in [0.717, 1.165) is 43.2 Å². The first-order chi connectivity index (χ1) is 15.9. The molecule has 0 N–H and O–H groups in total. The van der Waals surface area contributed by atoms with Gasteiger partial charge in [-0.2, -0.15) is 0 Å². The van der Waals surface area contributed by atoms with E-state index in [0.29, 0.717) is 17.5 Å². The molecular formula is C27H30F2O4. The average Bonchev–Trinajstić information content (AvgIpc) is 2.79. The van der Waals surface area contributed by atoms with Crippen LogP contribution in [-0.2, 0) is 4.74 Å². The molecule has 2 saturated carbocycles. The van der Waals surface area contributed by atoms with E-state index in [1.165, 1.54) is 56.4 Å². The second-order valence-corrected chi connectivity index (χ2v) is 9.37. The van der Waals surface area contributed by atoms with Gasteiger partial charge in [-0.3, -0.25) is 0 Å². The van der Waals surface area contributed by atoms with E-state index in [1.807, 2.05) is 0 Å². The molecule has 4 atom stereocenters. The zero-order valence-corrected chi connectivity index (χ0v) is 18.9. The molecule has 0 radical (unpaired) electrons. The second-order valence-electron chi connectivity index (χ2n) is 9.37. The van der Waals surface area contributed by atoms with Gasteiger partial charge in [0.05, 0.1) is 11.1 Å². The summed E-state index contributed by atoms with van der Waals surface area (Å²) in [4.78, 5) is 24.7. The van der Waals surface area contributed by atoms with Crippen LogP contribution in [0.1, 0.15) is 79.0 Å². The maximum absolute atomic E-state index is 13.8. The van der Waals surface area contributed by atoms with Crippen LogP contribution < -0.4 is 4.74 Å². The fraction of sp³-hybridized carbons (Fsp3) is 0.481. The van der Waals surface area contributed by atoms with Crippen molar-refractivity contribution >= 4 is 11.9 Å². The number of esters is 2. The minimum absolute atomic E-state index is 0.0552. The lowest BCUT2D eigenvalue weighted by Crippen LogP contribution is -2.35. The average molecular weight is 457 g/mol. The number of carbonyl (C=O) groups excluding carboxylic acids is 2. The molecule has 4 nitrogen and oxygen atoms in total. The molecule has 2 aliphatic rings. The Balaban J connectivity index is 1.29. The Morgan fingerprint density at radius 3 is 2.36 bits per heavy atom. The fourth-order valence-corrected chi connectivity index (χ4v) is 5.42. The smallest absolute Gasteiger partial charge is 0.346 e. The van der Waals surface area contributed by atoms with Crippen molar-refractivity contribution in [3.8, 4) is 5.75 Å². The molecule has 0 amide bonds. The van der Waals surface area contributed by atoms with Gasteiger partial charge < -0.3 is 9.47 Å².